The van der Waals surface area contributed by atoms with Gasteiger partial charge in [0.05, 0.1) is 12.8 Å². The predicted molar refractivity (Wildman–Crippen MR) is 94.0 cm³/mol. The van der Waals surface area contributed by atoms with E-state index in [2.05, 4.69) is 10.4 Å². The molecule has 2 aromatic carbocycles. The average Bonchev–Trinajstić information content (AvgIpc) is 2.67. The van der Waals surface area contributed by atoms with E-state index in [-0.39, 0.29) is 17.2 Å². The molecule has 6 heteroatoms. The first kappa shape index (κ1) is 16.4. The van der Waals surface area contributed by atoms with Gasteiger partial charge < -0.3 is 10.1 Å². The molecule has 6 nitrogen and oxygen atoms in total. The summed E-state index contributed by atoms with van der Waals surface area (Å²) in [6.45, 7) is 0.301. The second kappa shape index (κ2) is 7.44. The number of carbonyl (C=O) groups excluding carboxylic acids is 1. The summed E-state index contributed by atoms with van der Waals surface area (Å²) in [6, 6.07) is 19.1. The second-order valence-corrected chi connectivity index (χ2v) is 5.30. The number of hydrogen-bond acceptors (Lipinski definition) is 4. The zero-order valence-corrected chi connectivity index (χ0v) is 13.7. The van der Waals surface area contributed by atoms with E-state index in [0.29, 0.717) is 18.0 Å². The third-order valence-electron chi connectivity index (χ3n) is 3.67. The highest BCUT2D eigenvalue weighted by atomic mass is 16.5. The van der Waals surface area contributed by atoms with Crippen LogP contribution in [0, 0.1) is 0 Å². The monoisotopic (exact) mass is 335 g/mol. The molecule has 0 aliphatic rings. The van der Waals surface area contributed by atoms with Crippen molar-refractivity contribution in [1.29, 1.82) is 0 Å². The van der Waals surface area contributed by atoms with Crippen molar-refractivity contribution in [3.63, 3.8) is 0 Å². The van der Waals surface area contributed by atoms with Crippen molar-refractivity contribution in [2.45, 2.75) is 6.54 Å². The van der Waals surface area contributed by atoms with E-state index in [1.165, 1.54) is 16.8 Å². The van der Waals surface area contributed by atoms with Crippen LogP contribution in [0.2, 0.25) is 0 Å². The van der Waals surface area contributed by atoms with Crippen LogP contribution < -0.4 is 15.6 Å². The van der Waals surface area contributed by atoms with Crippen molar-refractivity contribution in [2.75, 3.05) is 7.11 Å². The Kier molecular flexibility index (Phi) is 4.89. The van der Waals surface area contributed by atoms with Crippen molar-refractivity contribution in [2.24, 2.45) is 0 Å². The quantitative estimate of drug-likeness (QED) is 0.775. The minimum atomic E-state index is -0.365. The van der Waals surface area contributed by atoms with Crippen molar-refractivity contribution in [1.82, 2.24) is 15.1 Å². The van der Waals surface area contributed by atoms with Crippen LogP contribution in [-0.4, -0.2) is 22.8 Å². The van der Waals surface area contributed by atoms with Crippen LogP contribution in [0.4, 0.5) is 0 Å². The molecule has 0 aliphatic carbocycles. The van der Waals surface area contributed by atoms with Gasteiger partial charge in [0.15, 0.2) is 0 Å². The summed E-state index contributed by atoms with van der Waals surface area (Å²) in [6.07, 6.45) is 0. The third kappa shape index (κ3) is 3.74. The molecule has 1 aromatic heterocycles. The lowest BCUT2D eigenvalue weighted by atomic mass is 10.2. The minimum Gasteiger partial charge on any atom is -0.496 e. The zero-order valence-electron chi connectivity index (χ0n) is 13.7. The van der Waals surface area contributed by atoms with Gasteiger partial charge in [-0.2, -0.15) is 9.78 Å². The van der Waals surface area contributed by atoms with Gasteiger partial charge in [-0.05, 0) is 24.3 Å². The van der Waals surface area contributed by atoms with Crippen molar-refractivity contribution >= 4 is 5.91 Å². The number of aromatic nitrogens is 2. The maximum Gasteiger partial charge on any atom is 0.272 e. The van der Waals surface area contributed by atoms with Gasteiger partial charge in [-0.3, -0.25) is 9.59 Å². The lowest BCUT2D eigenvalue weighted by Gasteiger charge is -2.10. The zero-order chi connectivity index (χ0) is 17.6. The van der Waals surface area contributed by atoms with Gasteiger partial charge in [0, 0.05) is 18.2 Å². The first-order valence-corrected chi connectivity index (χ1v) is 7.75. The fraction of sp³-hybridized carbons (Fsp3) is 0.105. The Morgan fingerprint density at radius 1 is 1.04 bits per heavy atom. The molecule has 0 bridgehead atoms. The molecular formula is C19H17N3O3. The molecule has 3 aromatic rings. The Hall–Kier alpha value is -3.41. The summed E-state index contributed by atoms with van der Waals surface area (Å²) in [5, 5.41) is 6.95. The number of nitrogens with one attached hydrogen (secondary N) is 1. The largest absolute Gasteiger partial charge is 0.496 e. The van der Waals surface area contributed by atoms with E-state index >= 15 is 0 Å². The van der Waals surface area contributed by atoms with Crippen LogP contribution in [0.15, 0.2) is 71.5 Å². The Morgan fingerprint density at radius 3 is 2.52 bits per heavy atom. The lowest BCUT2D eigenvalue weighted by molar-refractivity contribution is 0.0944. The maximum atomic E-state index is 12.4. The number of nitrogens with zero attached hydrogens (tertiary/aromatic N) is 2. The van der Waals surface area contributed by atoms with Crippen LogP contribution in [0.5, 0.6) is 5.75 Å². The Labute approximate surface area is 144 Å². The molecule has 1 N–H and O–H groups in total. The highest BCUT2D eigenvalue weighted by Gasteiger charge is 2.11. The Bertz CT molecular complexity index is 936. The van der Waals surface area contributed by atoms with E-state index in [0.717, 1.165) is 5.56 Å². The first-order valence-electron chi connectivity index (χ1n) is 7.75. The lowest BCUT2D eigenvalue weighted by Crippen LogP contribution is -2.28. The van der Waals surface area contributed by atoms with E-state index in [9.17, 15) is 9.59 Å². The normalized spacial score (nSPS) is 10.3. The molecule has 25 heavy (non-hydrogen) atoms. The summed E-state index contributed by atoms with van der Waals surface area (Å²) >= 11 is 0. The van der Waals surface area contributed by atoms with E-state index in [1.807, 2.05) is 30.3 Å². The Morgan fingerprint density at radius 2 is 1.76 bits per heavy atom. The van der Waals surface area contributed by atoms with Crippen molar-refractivity contribution in [3.8, 4) is 11.4 Å². The molecule has 3 rings (SSSR count). The fourth-order valence-electron chi connectivity index (χ4n) is 2.40. The topological polar surface area (TPSA) is 73.2 Å². The molecular weight excluding hydrogens is 318 g/mol. The highest BCUT2D eigenvalue weighted by molar-refractivity contribution is 5.92. The molecule has 1 heterocycles. The predicted octanol–water partition coefficient (Wildman–Crippen LogP) is 2.17. The van der Waals surface area contributed by atoms with Crippen LogP contribution in [0.1, 0.15) is 16.1 Å². The summed E-state index contributed by atoms with van der Waals surface area (Å²) in [4.78, 5) is 24.4. The first-order chi connectivity index (χ1) is 12.2. The molecule has 126 valence electrons. The Balaban J connectivity index is 1.80. The van der Waals surface area contributed by atoms with Gasteiger partial charge >= 0.3 is 0 Å². The summed E-state index contributed by atoms with van der Waals surface area (Å²) < 4.78 is 6.47. The van der Waals surface area contributed by atoms with E-state index in [1.54, 1.807) is 31.4 Å². The number of para-hydroxylation sites is 2. The summed E-state index contributed by atoms with van der Waals surface area (Å²) in [7, 11) is 1.58. The standard InChI is InChI=1S/C19H17N3O3/c1-25-17-10-6-5-7-14(17)13-20-19(24)16-11-12-18(23)22(21-16)15-8-3-2-4-9-15/h2-12H,13H2,1H3,(H,20,24). The van der Waals surface area contributed by atoms with Crippen molar-refractivity contribution < 1.29 is 9.53 Å². The number of hydrogen-bond donors (Lipinski definition) is 1. The van der Waals surface area contributed by atoms with Gasteiger partial charge in [0.25, 0.3) is 11.5 Å². The fourth-order valence-corrected chi connectivity index (χ4v) is 2.40. The minimum absolute atomic E-state index is 0.165. The number of carbonyl (C=O) groups is 1. The molecule has 0 spiro atoms. The molecule has 0 unspecified atom stereocenters. The smallest absolute Gasteiger partial charge is 0.272 e. The summed E-state index contributed by atoms with van der Waals surface area (Å²) in [5.74, 6) is 0.334. The van der Waals surface area contributed by atoms with Crippen LogP contribution in [0.3, 0.4) is 0 Å². The van der Waals surface area contributed by atoms with Crippen LogP contribution >= 0.6 is 0 Å². The highest BCUT2D eigenvalue weighted by Crippen LogP contribution is 2.16. The number of methoxy groups -OCH3 is 1. The number of benzene rings is 2. The van der Waals surface area contributed by atoms with Crippen LogP contribution in [-0.2, 0) is 6.54 Å². The molecule has 0 saturated carbocycles. The number of rotatable bonds is 5. The van der Waals surface area contributed by atoms with Gasteiger partial charge in [-0.1, -0.05) is 36.4 Å². The average molecular weight is 335 g/mol. The van der Waals surface area contributed by atoms with Gasteiger partial charge in [-0.15, -0.1) is 0 Å². The maximum absolute atomic E-state index is 12.4. The second-order valence-electron chi connectivity index (χ2n) is 5.30. The number of ether oxygens (including phenoxy) is 1. The van der Waals surface area contributed by atoms with E-state index < -0.39 is 0 Å². The summed E-state index contributed by atoms with van der Waals surface area (Å²) in [5.41, 5.74) is 1.33. The SMILES string of the molecule is COc1ccccc1CNC(=O)c1ccc(=O)n(-c2ccccc2)n1. The molecule has 0 radical (unpaired) electrons. The number of amides is 1. The van der Waals surface area contributed by atoms with Crippen molar-refractivity contribution in [3.05, 3.63) is 88.3 Å². The molecule has 0 atom stereocenters. The van der Waals surface area contributed by atoms with Crippen LogP contribution in [0.25, 0.3) is 5.69 Å². The van der Waals surface area contributed by atoms with Gasteiger partial charge in [-0.25, -0.2) is 0 Å². The molecule has 0 aliphatic heterocycles. The third-order valence-corrected chi connectivity index (χ3v) is 3.67. The van der Waals surface area contributed by atoms with E-state index in [4.69, 9.17) is 4.74 Å². The molecule has 1 amide bonds. The van der Waals surface area contributed by atoms with Gasteiger partial charge in [0.1, 0.15) is 11.4 Å². The molecule has 0 fully saturated rings. The molecule has 0 saturated heterocycles. The van der Waals surface area contributed by atoms with Gasteiger partial charge in [0.2, 0.25) is 0 Å².